The summed E-state index contributed by atoms with van der Waals surface area (Å²) in [7, 11) is 0. The van der Waals surface area contributed by atoms with Crippen molar-refractivity contribution >= 4 is 15.9 Å². The van der Waals surface area contributed by atoms with Gasteiger partial charge < -0.3 is 10.1 Å². The van der Waals surface area contributed by atoms with Crippen LogP contribution in [0.4, 0.5) is 0 Å². The zero-order valence-corrected chi connectivity index (χ0v) is 11.2. The van der Waals surface area contributed by atoms with Gasteiger partial charge in [0.15, 0.2) is 0 Å². The Morgan fingerprint density at radius 2 is 2.31 bits per heavy atom. The third-order valence-corrected chi connectivity index (χ3v) is 3.40. The molecule has 3 heteroatoms. The Morgan fingerprint density at radius 3 is 3.00 bits per heavy atom. The summed E-state index contributed by atoms with van der Waals surface area (Å²) in [6.07, 6.45) is 3.23. The molecule has 0 aliphatic carbocycles. The summed E-state index contributed by atoms with van der Waals surface area (Å²) >= 11 is 3.48. The van der Waals surface area contributed by atoms with Crippen molar-refractivity contribution in [2.24, 2.45) is 0 Å². The standard InChI is InChI=1S/C13H18BrNO/c1-10-5-6-13(16-10)9-15-8-11-3-2-4-12(14)7-11/h2-4,7,10,13,15H,5-6,8-9H2,1H3. The Bertz CT molecular complexity index is 342. The number of nitrogens with one attached hydrogen (secondary N) is 1. The maximum absolute atomic E-state index is 5.75. The van der Waals surface area contributed by atoms with Crippen LogP contribution in [0.15, 0.2) is 28.7 Å². The van der Waals surface area contributed by atoms with Crippen molar-refractivity contribution in [1.82, 2.24) is 5.32 Å². The molecule has 0 bridgehead atoms. The van der Waals surface area contributed by atoms with E-state index in [1.54, 1.807) is 0 Å². The van der Waals surface area contributed by atoms with Crippen molar-refractivity contribution in [2.75, 3.05) is 6.54 Å². The number of benzene rings is 1. The van der Waals surface area contributed by atoms with Crippen LogP contribution >= 0.6 is 15.9 Å². The van der Waals surface area contributed by atoms with Crippen molar-refractivity contribution in [3.63, 3.8) is 0 Å². The summed E-state index contributed by atoms with van der Waals surface area (Å²) < 4.78 is 6.89. The summed E-state index contributed by atoms with van der Waals surface area (Å²) in [6, 6.07) is 8.39. The predicted octanol–water partition coefficient (Wildman–Crippen LogP) is 3.11. The quantitative estimate of drug-likeness (QED) is 0.917. The molecule has 2 unspecified atom stereocenters. The minimum Gasteiger partial charge on any atom is -0.374 e. The fourth-order valence-corrected chi connectivity index (χ4v) is 2.51. The zero-order chi connectivity index (χ0) is 11.4. The molecule has 1 heterocycles. The van der Waals surface area contributed by atoms with E-state index in [4.69, 9.17) is 4.74 Å². The van der Waals surface area contributed by atoms with Crippen LogP contribution in [0.3, 0.4) is 0 Å². The van der Waals surface area contributed by atoms with Gasteiger partial charge in [-0.1, -0.05) is 28.1 Å². The fraction of sp³-hybridized carbons (Fsp3) is 0.538. The van der Waals surface area contributed by atoms with Crippen LogP contribution in [0.2, 0.25) is 0 Å². The number of halogens is 1. The highest BCUT2D eigenvalue weighted by molar-refractivity contribution is 9.10. The molecule has 1 fully saturated rings. The molecule has 2 rings (SSSR count). The lowest BCUT2D eigenvalue weighted by Gasteiger charge is -2.12. The molecule has 0 saturated carbocycles. The summed E-state index contributed by atoms with van der Waals surface area (Å²) in [5.41, 5.74) is 1.31. The molecule has 0 aromatic heterocycles. The molecule has 16 heavy (non-hydrogen) atoms. The second-order valence-corrected chi connectivity index (χ2v) is 5.32. The lowest BCUT2D eigenvalue weighted by atomic mass is 10.2. The van der Waals surface area contributed by atoms with Crippen molar-refractivity contribution in [2.45, 2.75) is 38.5 Å². The van der Waals surface area contributed by atoms with Gasteiger partial charge in [0.1, 0.15) is 0 Å². The molecular weight excluding hydrogens is 266 g/mol. The SMILES string of the molecule is CC1CCC(CNCc2cccc(Br)c2)O1. The summed E-state index contributed by atoms with van der Waals surface area (Å²) in [6.45, 7) is 4.01. The second-order valence-electron chi connectivity index (χ2n) is 4.41. The second kappa shape index (κ2) is 5.80. The van der Waals surface area contributed by atoms with Crippen molar-refractivity contribution in [1.29, 1.82) is 0 Å². The van der Waals surface area contributed by atoms with E-state index in [1.165, 1.54) is 18.4 Å². The number of rotatable bonds is 4. The average Bonchev–Trinajstić information content (AvgIpc) is 2.64. The number of hydrogen-bond acceptors (Lipinski definition) is 2. The van der Waals surface area contributed by atoms with Crippen LogP contribution in [-0.2, 0) is 11.3 Å². The normalized spacial score (nSPS) is 24.9. The van der Waals surface area contributed by atoms with Crippen LogP contribution in [0.1, 0.15) is 25.3 Å². The van der Waals surface area contributed by atoms with E-state index in [-0.39, 0.29) is 0 Å². The summed E-state index contributed by atoms with van der Waals surface area (Å²) in [5, 5.41) is 3.45. The molecule has 1 aromatic rings. The minimum absolute atomic E-state index is 0.405. The van der Waals surface area contributed by atoms with Crippen LogP contribution < -0.4 is 5.32 Å². The van der Waals surface area contributed by atoms with E-state index in [1.807, 2.05) is 6.07 Å². The van der Waals surface area contributed by atoms with Crippen molar-refractivity contribution < 1.29 is 4.74 Å². The Labute approximate surface area is 106 Å². The van der Waals surface area contributed by atoms with Crippen LogP contribution in [0.5, 0.6) is 0 Å². The lowest BCUT2D eigenvalue weighted by molar-refractivity contribution is 0.0559. The summed E-state index contributed by atoms with van der Waals surface area (Å²) in [5.74, 6) is 0. The first-order chi connectivity index (χ1) is 7.74. The van der Waals surface area contributed by atoms with Gasteiger partial charge in [-0.2, -0.15) is 0 Å². The van der Waals surface area contributed by atoms with Crippen LogP contribution in [-0.4, -0.2) is 18.8 Å². The van der Waals surface area contributed by atoms with Crippen LogP contribution in [0, 0.1) is 0 Å². The molecule has 1 saturated heterocycles. The Hall–Kier alpha value is -0.380. The fourth-order valence-electron chi connectivity index (χ4n) is 2.06. The lowest BCUT2D eigenvalue weighted by Crippen LogP contribution is -2.26. The number of ether oxygens (including phenoxy) is 1. The molecule has 88 valence electrons. The smallest absolute Gasteiger partial charge is 0.0704 e. The topological polar surface area (TPSA) is 21.3 Å². The van der Waals surface area contributed by atoms with Gasteiger partial charge in [-0.3, -0.25) is 0 Å². The molecule has 0 radical (unpaired) electrons. The third kappa shape index (κ3) is 3.58. The maximum atomic E-state index is 5.75. The Morgan fingerprint density at radius 1 is 1.44 bits per heavy atom. The van der Waals surface area contributed by atoms with Gasteiger partial charge in [0.2, 0.25) is 0 Å². The molecule has 0 spiro atoms. The summed E-state index contributed by atoms with van der Waals surface area (Å²) in [4.78, 5) is 0. The number of hydrogen-bond donors (Lipinski definition) is 1. The Kier molecular flexibility index (Phi) is 4.38. The van der Waals surface area contributed by atoms with Gasteiger partial charge in [-0.05, 0) is 37.5 Å². The molecule has 2 nitrogen and oxygen atoms in total. The van der Waals surface area contributed by atoms with E-state index in [0.717, 1.165) is 17.6 Å². The highest BCUT2D eigenvalue weighted by atomic mass is 79.9. The van der Waals surface area contributed by atoms with Gasteiger partial charge >= 0.3 is 0 Å². The third-order valence-electron chi connectivity index (χ3n) is 2.91. The monoisotopic (exact) mass is 283 g/mol. The van der Waals surface area contributed by atoms with E-state index in [2.05, 4.69) is 46.4 Å². The first-order valence-corrected chi connectivity index (χ1v) is 6.64. The van der Waals surface area contributed by atoms with E-state index in [9.17, 15) is 0 Å². The van der Waals surface area contributed by atoms with E-state index < -0.39 is 0 Å². The van der Waals surface area contributed by atoms with Crippen molar-refractivity contribution in [3.05, 3.63) is 34.3 Å². The van der Waals surface area contributed by atoms with Crippen molar-refractivity contribution in [3.8, 4) is 0 Å². The minimum atomic E-state index is 0.405. The molecule has 0 amide bonds. The molecular formula is C13H18BrNO. The predicted molar refractivity (Wildman–Crippen MR) is 69.4 cm³/mol. The van der Waals surface area contributed by atoms with E-state index >= 15 is 0 Å². The largest absolute Gasteiger partial charge is 0.374 e. The molecule has 1 N–H and O–H groups in total. The average molecular weight is 284 g/mol. The highest BCUT2D eigenvalue weighted by Gasteiger charge is 2.20. The highest BCUT2D eigenvalue weighted by Crippen LogP contribution is 2.18. The Balaban J connectivity index is 1.72. The van der Waals surface area contributed by atoms with Crippen LogP contribution in [0.25, 0.3) is 0 Å². The van der Waals surface area contributed by atoms with Gasteiger partial charge in [0.25, 0.3) is 0 Å². The first-order valence-electron chi connectivity index (χ1n) is 5.84. The molecule has 2 atom stereocenters. The maximum Gasteiger partial charge on any atom is 0.0704 e. The first kappa shape index (κ1) is 12.1. The molecule has 1 aliphatic rings. The molecule has 1 aliphatic heterocycles. The van der Waals surface area contributed by atoms with Gasteiger partial charge in [0.05, 0.1) is 12.2 Å². The van der Waals surface area contributed by atoms with E-state index in [0.29, 0.717) is 12.2 Å². The molecule has 1 aromatic carbocycles. The van der Waals surface area contributed by atoms with Gasteiger partial charge in [0, 0.05) is 17.6 Å². The van der Waals surface area contributed by atoms with Gasteiger partial charge in [-0.15, -0.1) is 0 Å². The zero-order valence-electron chi connectivity index (χ0n) is 9.58. The van der Waals surface area contributed by atoms with Gasteiger partial charge in [-0.25, -0.2) is 0 Å².